The van der Waals surface area contributed by atoms with Gasteiger partial charge >= 0.3 is 15.4 Å². The number of aliphatic hydroxyl groups is 1. The minimum Gasteiger partial charge on any atom is -0.388 e. The molecule has 2 aliphatic rings. The number of ketones is 1. The van der Waals surface area contributed by atoms with Crippen LogP contribution in [0.2, 0.25) is 0 Å². The Labute approximate surface area is 538 Å². The van der Waals surface area contributed by atoms with E-state index in [0.717, 1.165) is 161 Å². The lowest BCUT2D eigenvalue weighted by atomic mass is 9.95. The highest BCUT2D eigenvalue weighted by Crippen LogP contribution is 2.44. The predicted octanol–water partition coefficient (Wildman–Crippen LogP) is 14.3. The van der Waals surface area contributed by atoms with Crippen molar-refractivity contribution >= 4 is 33.0 Å². The largest absolute Gasteiger partial charge is 0.470 e. The summed E-state index contributed by atoms with van der Waals surface area (Å²) in [7, 11) is -6.63. The number of methoxy groups -OCH3 is 2. The fraction of sp³-hybridized carbons (Fsp3) is 0.925. The molecule has 2 heterocycles. The number of carbonyl (C=O) groups excluding carboxylic acids is 3. The van der Waals surface area contributed by atoms with Crippen LogP contribution in [0.4, 0.5) is 0 Å². The Morgan fingerprint density at radius 1 is 0.494 bits per heavy atom. The molecule has 0 aromatic heterocycles. The Kier molecular flexibility index (Phi) is 49.2. The molecule has 0 radical (unpaired) electrons. The molecule has 12 atom stereocenters. The number of phosphoric ester groups is 1. The number of Topliss-reactive ketones (excluding diaryl/α,β-unsaturated/α-hetero) is 1. The van der Waals surface area contributed by atoms with Gasteiger partial charge in [-0.2, -0.15) is 0 Å². The third-order valence-electron chi connectivity index (χ3n) is 16.9. The quantitative estimate of drug-likeness (QED) is 0.0143. The molecule has 0 saturated carbocycles. The highest BCUT2D eigenvalue weighted by Gasteiger charge is 2.53. The zero-order valence-corrected chi connectivity index (χ0v) is 58.3. The van der Waals surface area contributed by atoms with E-state index in [4.69, 9.17) is 42.2 Å². The topological polar surface area (TPSA) is 273 Å². The van der Waals surface area contributed by atoms with E-state index in [1.54, 1.807) is 7.11 Å². The number of aliphatic hydroxyl groups excluding tert-OH is 1. The lowest BCUT2D eigenvalue weighted by Gasteiger charge is -2.47. The van der Waals surface area contributed by atoms with E-state index in [1.165, 1.54) is 64.9 Å². The second-order valence-corrected chi connectivity index (χ2v) is 28.2. The summed E-state index contributed by atoms with van der Waals surface area (Å²) in [5.41, 5.74) is 0. The number of rotatable bonds is 59. The minimum atomic E-state index is -5.25. The zero-order chi connectivity index (χ0) is 65.4. The maximum absolute atomic E-state index is 14.2. The average molecular weight is 1310 g/mol. The van der Waals surface area contributed by atoms with Crippen molar-refractivity contribution in [3.63, 3.8) is 0 Å². The van der Waals surface area contributed by atoms with Gasteiger partial charge in [0, 0.05) is 46.9 Å². The third kappa shape index (κ3) is 41.0. The smallest absolute Gasteiger partial charge is 0.388 e. The van der Waals surface area contributed by atoms with E-state index < -0.39 is 102 Å². The van der Waals surface area contributed by atoms with Crippen LogP contribution in [0.1, 0.15) is 285 Å². The third-order valence-corrected chi connectivity index (χ3v) is 18.0. The van der Waals surface area contributed by atoms with Gasteiger partial charge in [0.15, 0.2) is 12.6 Å². The van der Waals surface area contributed by atoms with E-state index in [2.05, 4.69) is 50.5 Å². The number of nitrogens with one attached hydrogen (secondary N) is 2. The Morgan fingerprint density at radius 2 is 0.955 bits per heavy atom. The molecule has 2 amide bonds. The number of carbonyl (C=O) groups is 3. The van der Waals surface area contributed by atoms with Crippen LogP contribution >= 0.6 is 15.4 Å². The molecular weight excluding hydrogens is 1180 g/mol. The standard InChI is InChI=1S/C67H128N2O18P2/c1-8-12-16-20-23-26-27-28-29-30-31-33-35-39-43-47-58(71)68-61-65(82-50-48-55(80-6)46-42-37-19-15-11-4)63(86-89(76,77)78)57(52-79-5)85-66(61)83-53-56-62(73)64(81-49-44-40-36-25-22-18-14-10-3)60(67(84-56)87-88(7,74)75)69-59(72)51-54(70)45-41-38-34-32-24-21-17-13-9-2/h26-27,55-57,60-67,73H,8-25,28-53H2,1-7H3,(H,68,71)(H,69,72)(H,74,75)(H2,76,77,78)/b27-26-/t55-,56?,57?,60?,61?,62?,63?,64?,65?,66?,67?/m1/s1. The molecular formula is C67H128N2O18P2. The molecule has 2 aliphatic heterocycles. The Balaban J connectivity index is 2.45. The number of phosphoric acid groups is 1. The molecule has 0 bridgehead atoms. The predicted molar refractivity (Wildman–Crippen MR) is 351 cm³/mol. The Morgan fingerprint density at radius 3 is 1.48 bits per heavy atom. The van der Waals surface area contributed by atoms with Gasteiger partial charge in [-0.3, -0.25) is 28.0 Å². The molecule has 11 unspecified atom stereocenters. The summed E-state index contributed by atoms with van der Waals surface area (Å²) >= 11 is 0. The maximum atomic E-state index is 14.2. The van der Waals surface area contributed by atoms with E-state index in [9.17, 15) is 43.3 Å². The van der Waals surface area contributed by atoms with Crippen molar-refractivity contribution in [1.82, 2.24) is 10.6 Å². The number of ether oxygens (including phenoxy) is 7. The zero-order valence-electron chi connectivity index (χ0n) is 56.5. The molecule has 0 aromatic rings. The van der Waals surface area contributed by atoms with Crippen molar-refractivity contribution in [2.75, 3.05) is 47.3 Å². The molecule has 20 nitrogen and oxygen atoms in total. The summed E-state index contributed by atoms with van der Waals surface area (Å²) in [6, 6.07) is -2.64. The van der Waals surface area contributed by atoms with Gasteiger partial charge in [0.05, 0.1) is 25.7 Å². The van der Waals surface area contributed by atoms with Crippen LogP contribution in [0, 0.1) is 0 Å². The van der Waals surface area contributed by atoms with Gasteiger partial charge in [0.1, 0.15) is 54.5 Å². The van der Waals surface area contributed by atoms with Crippen molar-refractivity contribution in [3.8, 4) is 0 Å². The van der Waals surface area contributed by atoms with Crippen LogP contribution in [0.5, 0.6) is 0 Å². The van der Waals surface area contributed by atoms with E-state index >= 15 is 0 Å². The molecule has 2 fully saturated rings. The molecule has 2 saturated heterocycles. The molecule has 0 spiro atoms. The summed E-state index contributed by atoms with van der Waals surface area (Å²) < 4.78 is 80.6. The first-order valence-electron chi connectivity index (χ1n) is 35.2. The molecule has 89 heavy (non-hydrogen) atoms. The Bertz CT molecular complexity index is 1890. The van der Waals surface area contributed by atoms with Crippen LogP contribution in [0.3, 0.4) is 0 Å². The number of allylic oxidation sites excluding steroid dienone is 2. The lowest BCUT2D eigenvalue weighted by Crippen LogP contribution is -2.67. The van der Waals surface area contributed by atoms with Gasteiger partial charge in [0.25, 0.3) is 0 Å². The molecule has 524 valence electrons. The molecule has 6 N–H and O–H groups in total. The highest BCUT2D eigenvalue weighted by atomic mass is 31.2. The molecule has 22 heteroatoms. The number of hydrogen-bond acceptors (Lipinski definition) is 15. The molecule has 0 aromatic carbocycles. The van der Waals surface area contributed by atoms with Crippen molar-refractivity contribution in [3.05, 3.63) is 12.2 Å². The van der Waals surface area contributed by atoms with Gasteiger partial charge in [-0.25, -0.2) is 4.57 Å². The van der Waals surface area contributed by atoms with Gasteiger partial charge in [-0.05, 0) is 57.8 Å². The summed E-state index contributed by atoms with van der Waals surface area (Å²) in [6.07, 6.45) is 31.1. The molecule has 2 rings (SSSR count). The van der Waals surface area contributed by atoms with E-state index in [0.29, 0.717) is 25.7 Å². The number of unbranched alkanes of at least 4 members (excludes halogenated alkanes) is 30. The maximum Gasteiger partial charge on any atom is 0.470 e. The van der Waals surface area contributed by atoms with Crippen LogP contribution in [-0.2, 0) is 65.7 Å². The summed E-state index contributed by atoms with van der Waals surface area (Å²) in [4.78, 5) is 72.5. The molecule has 0 aliphatic carbocycles. The van der Waals surface area contributed by atoms with Crippen LogP contribution in [0.15, 0.2) is 12.2 Å². The van der Waals surface area contributed by atoms with Gasteiger partial charge < -0.3 is 63.6 Å². The summed E-state index contributed by atoms with van der Waals surface area (Å²) in [6.45, 7) is 9.11. The van der Waals surface area contributed by atoms with Crippen molar-refractivity contribution in [1.29, 1.82) is 0 Å². The summed E-state index contributed by atoms with van der Waals surface area (Å²) in [5, 5.41) is 18.1. The average Bonchev–Trinajstić information content (AvgIpc) is 0.966. The fourth-order valence-electron chi connectivity index (χ4n) is 11.8. The Hall–Kier alpha value is -1.71. The summed E-state index contributed by atoms with van der Waals surface area (Å²) in [5.74, 6) is -1.36. The normalized spacial score (nSPS) is 23.4. The number of amides is 2. The minimum absolute atomic E-state index is 0.0326. The van der Waals surface area contributed by atoms with Gasteiger partial charge in [0.2, 0.25) is 11.8 Å². The van der Waals surface area contributed by atoms with Crippen LogP contribution in [-0.4, -0.2) is 152 Å². The van der Waals surface area contributed by atoms with Gasteiger partial charge in [-0.15, -0.1) is 0 Å². The van der Waals surface area contributed by atoms with Crippen molar-refractivity contribution in [2.24, 2.45) is 0 Å². The highest BCUT2D eigenvalue weighted by molar-refractivity contribution is 7.51. The van der Waals surface area contributed by atoms with Crippen molar-refractivity contribution in [2.45, 2.75) is 352 Å². The second-order valence-electron chi connectivity index (χ2n) is 25.1. The first-order chi connectivity index (χ1) is 42.9. The van der Waals surface area contributed by atoms with Crippen molar-refractivity contribution < 1.29 is 85.5 Å². The van der Waals surface area contributed by atoms with E-state index in [1.807, 2.05) is 0 Å². The first kappa shape index (κ1) is 83.4. The van der Waals surface area contributed by atoms with Crippen LogP contribution in [0.25, 0.3) is 0 Å². The monoisotopic (exact) mass is 1310 g/mol. The second kappa shape index (κ2) is 52.6. The van der Waals surface area contributed by atoms with Gasteiger partial charge in [-0.1, -0.05) is 220 Å². The SMILES string of the molecule is CCCCCC/C=C\CCCCCCCCCC(=O)NC1C(OCC2OC(OP(C)(=O)O)C(NC(=O)CC(=O)CCCCCCCCCCC)C(OCCCCCCCCCC)C2O)OC(COC)C(OP(=O)(O)O)C1OCC[C@@H](CCCCCCC)OC. The lowest BCUT2D eigenvalue weighted by molar-refractivity contribution is -0.300. The first-order valence-corrected chi connectivity index (χ1v) is 38.8. The fourth-order valence-corrected chi connectivity index (χ4v) is 12.9. The van der Waals surface area contributed by atoms with E-state index in [-0.39, 0.29) is 44.5 Å². The van der Waals surface area contributed by atoms with Crippen LogP contribution < -0.4 is 10.6 Å². The number of hydrogen-bond donors (Lipinski definition) is 6.